The Morgan fingerprint density at radius 1 is 1.09 bits per heavy atom. The number of alkyl halides is 1. The van der Waals surface area contributed by atoms with Crippen molar-refractivity contribution in [2.45, 2.75) is 56.7 Å². The van der Waals surface area contributed by atoms with Crippen LogP contribution in [0.3, 0.4) is 0 Å². The van der Waals surface area contributed by atoms with Gasteiger partial charge >= 0.3 is 0 Å². The molecule has 1 radical (unpaired) electrons. The zero-order valence-corrected chi connectivity index (χ0v) is 9.20. The molecule has 0 aliphatic rings. The number of unbranched alkanes of at least 4 members (excludes halogenated alkanes) is 5. The molecular weight excluding hydrogens is 200 g/mol. The van der Waals surface area contributed by atoms with Crippen LogP contribution < -0.4 is 0 Å². The van der Waals surface area contributed by atoms with E-state index in [1.807, 2.05) is 0 Å². The summed E-state index contributed by atoms with van der Waals surface area (Å²) >= 11 is 3.45. The molecule has 0 saturated heterocycles. The fourth-order valence-electron chi connectivity index (χ4n) is 1.15. The van der Waals surface area contributed by atoms with Crippen LogP contribution >= 0.6 is 15.9 Å². The third-order valence-corrected chi connectivity index (χ3v) is 2.33. The van der Waals surface area contributed by atoms with Crippen LogP contribution in [0.5, 0.6) is 0 Å². The predicted molar refractivity (Wildman–Crippen MR) is 56.1 cm³/mol. The van der Waals surface area contributed by atoms with E-state index in [2.05, 4.69) is 29.8 Å². The molecule has 0 heterocycles. The van der Waals surface area contributed by atoms with Crippen LogP contribution in [-0.4, -0.2) is 4.83 Å². The minimum absolute atomic E-state index is 0.466. The van der Waals surface area contributed by atoms with Gasteiger partial charge in [0, 0.05) is 4.83 Å². The Morgan fingerprint density at radius 2 is 1.64 bits per heavy atom. The minimum atomic E-state index is 0.466. The van der Waals surface area contributed by atoms with Gasteiger partial charge < -0.3 is 0 Å². The molecule has 0 aliphatic heterocycles. The second kappa shape index (κ2) is 8.58. The Hall–Kier alpha value is 0.480. The fraction of sp³-hybridized carbons (Fsp3) is 0.900. The van der Waals surface area contributed by atoms with Crippen molar-refractivity contribution in [1.29, 1.82) is 0 Å². The maximum absolute atomic E-state index is 3.89. The lowest BCUT2D eigenvalue weighted by Gasteiger charge is -2.01. The van der Waals surface area contributed by atoms with Crippen molar-refractivity contribution in [1.82, 2.24) is 0 Å². The molecule has 0 saturated carbocycles. The second-order valence-electron chi connectivity index (χ2n) is 3.15. The van der Waals surface area contributed by atoms with Gasteiger partial charge in [0.25, 0.3) is 0 Å². The Bertz CT molecular complexity index is 69.3. The van der Waals surface area contributed by atoms with Crippen molar-refractivity contribution >= 4 is 15.9 Å². The van der Waals surface area contributed by atoms with Crippen LogP contribution in [0.1, 0.15) is 51.9 Å². The van der Waals surface area contributed by atoms with E-state index >= 15 is 0 Å². The number of hydrogen-bond acceptors (Lipinski definition) is 0. The zero-order chi connectivity index (χ0) is 8.53. The first-order valence-electron chi connectivity index (χ1n) is 4.74. The smallest absolute Gasteiger partial charge is 0.0146 e. The summed E-state index contributed by atoms with van der Waals surface area (Å²) in [5, 5.41) is 0. The SMILES string of the molecule is [CH2]C(Br)CCCCCCCC. The molecule has 1 atom stereocenters. The van der Waals surface area contributed by atoms with E-state index in [1.54, 1.807) is 0 Å². The first-order chi connectivity index (χ1) is 5.27. The van der Waals surface area contributed by atoms with Gasteiger partial charge in [0.1, 0.15) is 0 Å². The first-order valence-corrected chi connectivity index (χ1v) is 5.66. The molecule has 67 valence electrons. The van der Waals surface area contributed by atoms with Crippen LogP contribution in [-0.2, 0) is 0 Å². The normalized spacial score (nSPS) is 13.4. The summed E-state index contributed by atoms with van der Waals surface area (Å²) in [6.45, 7) is 6.14. The third kappa shape index (κ3) is 10.5. The zero-order valence-electron chi connectivity index (χ0n) is 7.61. The average Bonchev–Trinajstić information content (AvgIpc) is 1.96. The molecule has 0 aromatic heterocycles. The maximum atomic E-state index is 3.89. The topological polar surface area (TPSA) is 0 Å². The van der Waals surface area contributed by atoms with Crippen LogP contribution in [0, 0.1) is 6.92 Å². The van der Waals surface area contributed by atoms with Crippen LogP contribution in [0.25, 0.3) is 0 Å². The number of halogens is 1. The van der Waals surface area contributed by atoms with Gasteiger partial charge in [0.15, 0.2) is 0 Å². The Labute approximate surface area is 79.9 Å². The monoisotopic (exact) mass is 219 g/mol. The van der Waals surface area contributed by atoms with Gasteiger partial charge in [-0.15, -0.1) is 0 Å². The Kier molecular flexibility index (Phi) is 8.95. The molecule has 0 aliphatic carbocycles. The van der Waals surface area contributed by atoms with Gasteiger partial charge in [-0.3, -0.25) is 0 Å². The van der Waals surface area contributed by atoms with E-state index in [9.17, 15) is 0 Å². The molecule has 0 nitrogen and oxygen atoms in total. The van der Waals surface area contributed by atoms with Gasteiger partial charge in [-0.2, -0.15) is 0 Å². The van der Waals surface area contributed by atoms with Gasteiger partial charge in [-0.05, 0) is 13.3 Å². The summed E-state index contributed by atoms with van der Waals surface area (Å²) in [5.41, 5.74) is 0. The Balaban J connectivity index is 2.80. The van der Waals surface area contributed by atoms with Crippen molar-refractivity contribution < 1.29 is 0 Å². The summed E-state index contributed by atoms with van der Waals surface area (Å²) in [7, 11) is 0. The highest BCUT2D eigenvalue weighted by Crippen LogP contribution is 2.11. The van der Waals surface area contributed by atoms with Crippen molar-refractivity contribution in [2.24, 2.45) is 0 Å². The molecule has 0 N–H and O–H groups in total. The molecule has 0 spiro atoms. The molecule has 11 heavy (non-hydrogen) atoms. The lowest BCUT2D eigenvalue weighted by atomic mass is 10.1. The molecule has 0 aromatic carbocycles. The van der Waals surface area contributed by atoms with E-state index in [-0.39, 0.29) is 0 Å². The highest BCUT2D eigenvalue weighted by molar-refractivity contribution is 9.09. The van der Waals surface area contributed by atoms with E-state index in [0.717, 1.165) is 0 Å². The molecule has 1 unspecified atom stereocenters. The molecule has 0 bridgehead atoms. The molecule has 0 fully saturated rings. The number of hydrogen-bond donors (Lipinski definition) is 0. The molecule has 0 rings (SSSR count). The van der Waals surface area contributed by atoms with E-state index in [0.29, 0.717) is 4.83 Å². The largest absolute Gasteiger partial charge is 0.0891 e. The van der Waals surface area contributed by atoms with E-state index in [1.165, 1.54) is 44.9 Å². The van der Waals surface area contributed by atoms with Gasteiger partial charge in [-0.25, -0.2) is 0 Å². The van der Waals surface area contributed by atoms with Gasteiger partial charge in [-0.1, -0.05) is 61.4 Å². The van der Waals surface area contributed by atoms with Gasteiger partial charge in [0.2, 0.25) is 0 Å². The van der Waals surface area contributed by atoms with Crippen molar-refractivity contribution in [3.63, 3.8) is 0 Å². The van der Waals surface area contributed by atoms with E-state index in [4.69, 9.17) is 0 Å². The summed E-state index contributed by atoms with van der Waals surface area (Å²) < 4.78 is 0. The first kappa shape index (κ1) is 11.5. The average molecular weight is 220 g/mol. The van der Waals surface area contributed by atoms with Crippen molar-refractivity contribution in [2.75, 3.05) is 0 Å². The molecule has 0 aromatic rings. The summed E-state index contributed by atoms with van der Waals surface area (Å²) in [5.74, 6) is 0. The van der Waals surface area contributed by atoms with Crippen molar-refractivity contribution in [3.05, 3.63) is 6.92 Å². The quantitative estimate of drug-likeness (QED) is 0.442. The molecule has 0 amide bonds. The van der Waals surface area contributed by atoms with Gasteiger partial charge in [0.05, 0.1) is 0 Å². The Morgan fingerprint density at radius 3 is 2.18 bits per heavy atom. The minimum Gasteiger partial charge on any atom is -0.0891 e. The van der Waals surface area contributed by atoms with Crippen LogP contribution in [0.2, 0.25) is 0 Å². The third-order valence-electron chi connectivity index (χ3n) is 1.87. The number of rotatable bonds is 7. The highest BCUT2D eigenvalue weighted by atomic mass is 79.9. The standard InChI is InChI=1S/C10H20Br/c1-3-4-5-6-7-8-9-10(2)11/h10H,2-9H2,1H3. The summed E-state index contributed by atoms with van der Waals surface area (Å²) in [4.78, 5) is 0.466. The van der Waals surface area contributed by atoms with E-state index < -0.39 is 0 Å². The maximum Gasteiger partial charge on any atom is 0.0146 e. The predicted octanol–water partition coefficient (Wildman–Crippen LogP) is 4.33. The lowest BCUT2D eigenvalue weighted by molar-refractivity contribution is 0.595. The lowest BCUT2D eigenvalue weighted by Crippen LogP contribution is -1.89. The van der Waals surface area contributed by atoms with Crippen molar-refractivity contribution in [3.8, 4) is 0 Å². The summed E-state index contributed by atoms with van der Waals surface area (Å²) in [6.07, 6.45) is 9.53. The second-order valence-corrected chi connectivity index (χ2v) is 4.45. The highest BCUT2D eigenvalue weighted by Gasteiger charge is 1.94. The van der Waals surface area contributed by atoms with Crippen LogP contribution in [0.4, 0.5) is 0 Å². The molecule has 1 heteroatoms. The molecular formula is C10H20Br. The van der Waals surface area contributed by atoms with Crippen LogP contribution in [0.15, 0.2) is 0 Å². The summed E-state index contributed by atoms with van der Waals surface area (Å²) in [6, 6.07) is 0. The fourth-order valence-corrected chi connectivity index (χ4v) is 1.47.